The van der Waals surface area contributed by atoms with Crippen LogP contribution < -0.4 is 5.32 Å². The van der Waals surface area contributed by atoms with E-state index < -0.39 is 0 Å². The first-order chi connectivity index (χ1) is 12.6. The monoisotopic (exact) mass is 371 g/mol. The molecule has 1 amide bonds. The van der Waals surface area contributed by atoms with Gasteiger partial charge in [-0.25, -0.2) is 4.98 Å². The lowest BCUT2D eigenvalue weighted by Gasteiger charge is -2.40. The summed E-state index contributed by atoms with van der Waals surface area (Å²) < 4.78 is 5.42. The highest BCUT2D eigenvalue weighted by Crippen LogP contribution is 2.28. The van der Waals surface area contributed by atoms with Crippen molar-refractivity contribution in [1.29, 1.82) is 0 Å². The Morgan fingerprint density at radius 3 is 2.65 bits per heavy atom. The van der Waals surface area contributed by atoms with Crippen molar-refractivity contribution in [1.82, 2.24) is 15.2 Å². The van der Waals surface area contributed by atoms with Gasteiger partial charge in [-0.3, -0.25) is 9.69 Å². The lowest BCUT2D eigenvalue weighted by molar-refractivity contribution is -0.00924. The Balaban J connectivity index is 1.66. The Hall–Kier alpha value is -1.89. The second-order valence-electron chi connectivity index (χ2n) is 6.87. The van der Waals surface area contributed by atoms with Crippen LogP contribution >= 0.6 is 11.8 Å². The SMILES string of the molecule is CC(C)(CNC(=O)c1cccnc1Sc1ccccc1)N1CCOCC1. The summed E-state index contributed by atoms with van der Waals surface area (Å²) in [7, 11) is 0. The number of hydrogen-bond acceptors (Lipinski definition) is 5. The number of carbonyl (C=O) groups is 1. The van der Waals surface area contributed by atoms with Crippen LogP contribution in [0.5, 0.6) is 0 Å². The fraction of sp³-hybridized carbons (Fsp3) is 0.400. The zero-order valence-electron chi connectivity index (χ0n) is 15.3. The molecule has 5 nitrogen and oxygen atoms in total. The maximum absolute atomic E-state index is 12.8. The second-order valence-corrected chi connectivity index (χ2v) is 7.93. The maximum Gasteiger partial charge on any atom is 0.254 e. The molecule has 0 unspecified atom stereocenters. The summed E-state index contributed by atoms with van der Waals surface area (Å²) in [6.45, 7) is 8.17. The minimum absolute atomic E-state index is 0.0853. The highest BCUT2D eigenvalue weighted by atomic mass is 32.2. The third kappa shape index (κ3) is 4.84. The maximum atomic E-state index is 12.8. The van der Waals surface area contributed by atoms with Crippen molar-refractivity contribution in [2.75, 3.05) is 32.8 Å². The Labute approximate surface area is 159 Å². The fourth-order valence-electron chi connectivity index (χ4n) is 2.92. The molecule has 0 radical (unpaired) electrons. The van der Waals surface area contributed by atoms with Gasteiger partial charge >= 0.3 is 0 Å². The topological polar surface area (TPSA) is 54.5 Å². The van der Waals surface area contributed by atoms with Gasteiger partial charge in [0.05, 0.1) is 18.8 Å². The van der Waals surface area contributed by atoms with Crippen LogP contribution in [-0.4, -0.2) is 54.2 Å². The van der Waals surface area contributed by atoms with E-state index in [9.17, 15) is 4.79 Å². The molecule has 1 aliphatic heterocycles. The summed E-state index contributed by atoms with van der Waals surface area (Å²) >= 11 is 1.51. The summed E-state index contributed by atoms with van der Waals surface area (Å²) in [5.41, 5.74) is 0.494. The largest absolute Gasteiger partial charge is 0.379 e. The molecule has 1 fully saturated rings. The van der Waals surface area contributed by atoms with Crippen LogP contribution in [0.3, 0.4) is 0 Å². The van der Waals surface area contributed by atoms with E-state index in [-0.39, 0.29) is 11.4 Å². The van der Waals surface area contributed by atoms with E-state index >= 15 is 0 Å². The van der Waals surface area contributed by atoms with E-state index in [4.69, 9.17) is 4.74 Å². The first-order valence-electron chi connectivity index (χ1n) is 8.85. The van der Waals surface area contributed by atoms with Crippen molar-refractivity contribution in [2.45, 2.75) is 29.3 Å². The van der Waals surface area contributed by atoms with Gasteiger partial charge in [0, 0.05) is 36.3 Å². The van der Waals surface area contributed by atoms with Gasteiger partial charge in [0.1, 0.15) is 5.03 Å². The van der Waals surface area contributed by atoms with Gasteiger partial charge in [-0.2, -0.15) is 0 Å². The van der Waals surface area contributed by atoms with Crippen molar-refractivity contribution < 1.29 is 9.53 Å². The molecule has 1 aliphatic rings. The average Bonchev–Trinajstić information content (AvgIpc) is 2.68. The number of pyridine rings is 1. The molecule has 2 heterocycles. The number of ether oxygens (including phenoxy) is 1. The van der Waals surface area contributed by atoms with Gasteiger partial charge in [-0.15, -0.1) is 0 Å². The number of amides is 1. The van der Waals surface area contributed by atoms with Gasteiger partial charge in [0.2, 0.25) is 0 Å². The molecule has 0 aliphatic carbocycles. The van der Waals surface area contributed by atoms with Gasteiger partial charge in [-0.1, -0.05) is 30.0 Å². The lowest BCUT2D eigenvalue weighted by Crippen LogP contribution is -2.55. The average molecular weight is 372 g/mol. The summed E-state index contributed by atoms with van der Waals surface area (Å²) in [4.78, 5) is 20.6. The lowest BCUT2D eigenvalue weighted by atomic mass is 10.0. The molecule has 0 atom stereocenters. The van der Waals surface area contributed by atoms with Crippen LogP contribution in [0, 0.1) is 0 Å². The van der Waals surface area contributed by atoms with Gasteiger partial charge < -0.3 is 10.1 Å². The molecule has 0 spiro atoms. The standard InChI is InChI=1S/C20H25N3O2S/c1-20(2,23-11-13-25-14-12-23)15-22-18(24)17-9-6-10-21-19(17)26-16-7-4-3-5-8-16/h3-10H,11-15H2,1-2H3,(H,22,24). The Bertz CT molecular complexity index is 731. The van der Waals surface area contributed by atoms with E-state index in [2.05, 4.69) is 29.0 Å². The number of aromatic nitrogens is 1. The number of morpholine rings is 1. The van der Waals surface area contributed by atoms with Crippen molar-refractivity contribution in [3.8, 4) is 0 Å². The molecule has 2 aromatic rings. The van der Waals surface area contributed by atoms with Crippen LogP contribution in [0.1, 0.15) is 24.2 Å². The molecule has 1 saturated heterocycles. The zero-order valence-corrected chi connectivity index (χ0v) is 16.1. The van der Waals surface area contributed by atoms with E-state index in [1.54, 1.807) is 12.3 Å². The van der Waals surface area contributed by atoms with E-state index in [0.29, 0.717) is 12.1 Å². The third-order valence-corrected chi connectivity index (χ3v) is 5.55. The molecule has 3 rings (SSSR count). The van der Waals surface area contributed by atoms with Gasteiger partial charge in [0.25, 0.3) is 5.91 Å². The number of rotatable bonds is 6. The van der Waals surface area contributed by atoms with Crippen LogP contribution in [0.4, 0.5) is 0 Å². The minimum atomic E-state index is -0.117. The van der Waals surface area contributed by atoms with Crippen LogP contribution in [0.25, 0.3) is 0 Å². The third-order valence-electron chi connectivity index (χ3n) is 4.52. The quantitative estimate of drug-likeness (QED) is 0.846. The summed E-state index contributed by atoms with van der Waals surface area (Å²) in [5.74, 6) is -0.0853. The minimum Gasteiger partial charge on any atom is -0.379 e. The molecule has 138 valence electrons. The van der Waals surface area contributed by atoms with Crippen LogP contribution in [0.2, 0.25) is 0 Å². The van der Waals surface area contributed by atoms with Crippen molar-refractivity contribution in [3.63, 3.8) is 0 Å². The Morgan fingerprint density at radius 2 is 1.92 bits per heavy atom. The van der Waals surface area contributed by atoms with Crippen LogP contribution in [-0.2, 0) is 4.74 Å². The van der Waals surface area contributed by atoms with E-state index in [0.717, 1.165) is 36.2 Å². The number of benzene rings is 1. The summed E-state index contributed by atoms with van der Waals surface area (Å²) in [6.07, 6.45) is 1.72. The summed E-state index contributed by atoms with van der Waals surface area (Å²) in [6, 6.07) is 13.6. The number of nitrogens with one attached hydrogen (secondary N) is 1. The fourth-order valence-corrected chi connectivity index (χ4v) is 3.82. The van der Waals surface area contributed by atoms with E-state index in [1.165, 1.54) is 11.8 Å². The Kier molecular flexibility index (Phi) is 6.29. The van der Waals surface area contributed by atoms with Gasteiger partial charge in [-0.05, 0) is 38.1 Å². The Morgan fingerprint density at radius 1 is 1.19 bits per heavy atom. The molecular formula is C20H25N3O2S. The smallest absolute Gasteiger partial charge is 0.254 e. The molecular weight excluding hydrogens is 346 g/mol. The zero-order chi connectivity index (χ0) is 18.4. The summed E-state index contributed by atoms with van der Waals surface area (Å²) in [5, 5.41) is 3.81. The molecule has 6 heteroatoms. The molecule has 26 heavy (non-hydrogen) atoms. The molecule has 0 saturated carbocycles. The number of carbonyl (C=O) groups excluding carboxylic acids is 1. The first kappa shape index (κ1) is 18.9. The van der Waals surface area contributed by atoms with Gasteiger partial charge in [0.15, 0.2) is 0 Å². The predicted octanol–water partition coefficient (Wildman–Crippen LogP) is 3.07. The number of hydrogen-bond donors (Lipinski definition) is 1. The molecule has 1 aromatic carbocycles. The molecule has 1 aromatic heterocycles. The highest BCUT2D eigenvalue weighted by molar-refractivity contribution is 7.99. The normalized spacial score (nSPS) is 15.6. The van der Waals surface area contributed by atoms with Crippen molar-refractivity contribution in [2.24, 2.45) is 0 Å². The molecule has 0 bridgehead atoms. The second kappa shape index (κ2) is 8.66. The molecule has 1 N–H and O–H groups in total. The van der Waals surface area contributed by atoms with Crippen molar-refractivity contribution >= 4 is 17.7 Å². The van der Waals surface area contributed by atoms with Crippen LogP contribution in [0.15, 0.2) is 58.6 Å². The first-order valence-corrected chi connectivity index (χ1v) is 9.67. The van der Waals surface area contributed by atoms with Crippen molar-refractivity contribution in [3.05, 3.63) is 54.2 Å². The predicted molar refractivity (Wildman–Crippen MR) is 104 cm³/mol. The van der Waals surface area contributed by atoms with E-state index in [1.807, 2.05) is 36.4 Å². The highest BCUT2D eigenvalue weighted by Gasteiger charge is 2.29. The number of nitrogens with zero attached hydrogens (tertiary/aromatic N) is 2.